The van der Waals surface area contributed by atoms with Crippen molar-refractivity contribution in [2.45, 2.75) is 50.9 Å². The van der Waals surface area contributed by atoms with Crippen LogP contribution in [0.2, 0.25) is 0 Å². The molecule has 0 radical (unpaired) electrons. The number of fused-ring (bicyclic) bond motifs is 2. The predicted molar refractivity (Wildman–Crippen MR) is 163 cm³/mol. The van der Waals surface area contributed by atoms with Crippen LogP contribution in [0.3, 0.4) is 0 Å². The first kappa shape index (κ1) is 26.2. The first-order valence-corrected chi connectivity index (χ1v) is 14.2. The fourth-order valence-electron chi connectivity index (χ4n) is 6.09. The maximum atomic E-state index is 13.2. The molecule has 1 fully saturated rings. The van der Waals surface area contributed by atoms with Crippen LogP contribution < -0.4 is 5.32 Å². The van der Waals surface area contributed by atoms with E-state index in [0.29, 0.717) is 11.3 Å². The van der Waals surface area contributed by atoms with Crippen molar-refractivity contribution in [3.8, 4) is 22.4 Å². The van der Waals surface area contributed by atoms with Gasteiger partial charge in [-0.05, 0) is 72.7 Å². The number of carbonyl (C=O) groups excluding carboxylic acids is 1. The summed E-state index contributed by atoms with van der Waals surface area (Å²) in [4.78, 5) is 21.2. The van der Waals surface area contributed by atoms with E-state index < -0.39 is 5.60 Å². The highest BCUT2D eigenvalue weighted by Crippen LogP contribution is 2.37. The molecule has 1 saturated carbocycles. The number of hydrogen-bond acceptors (Lipinski definition) is 5. The monoisotopic (exact) mass is 560 g/mol. The second kappa shape index (κ2) is 10.3. The van der Waals surface area contributed by atoms with Crippen molar-refractivity contribution in [3.05, 3.63) is 91.1 Å². The zero-order valence-electron chi connectivity index (χ0n) is 23.3. The van der Waals surface area contributed by atoms with Crippen LogP contribution in [-0.2, 0) is 6.61 Å². The number of anilines is 1. The van der Waals surface area contributed by atoms with Crippen molar-refractivity contribution >= 4 is 33.5 Å². The summed E-state index contributed by atoms with van der Waals surface area (Å²) in [5.41, 5.74) is 4.88. The van der Waals surface area contributed by atoms with Crippen LogP contribution in [-0.4, -0.2) is 46.2 Å². The Kier molecular flexibility index (Phi) is 6.41. The van der Waals surface area contributed by atoms with Gasteiger partial charge in [0.1, 0.15) is 5.65 Å². The number of aromatic nitrogens is 5. The first-order chi connectivity index (χ1) is 20.4. The zero-order valence-corrected chi connectivity index (χ0v) is 23.3. The first-order valence-electron chi connectivity index (χ1n) is 14.2. The van der Waals surface area contributed by atoms with Crippen molar-refractivity contribution in [3.63, 3.8) is 0 Å². The van der Waals surface area contributed by atoms with Crippen LogP contribution >= 0.6 is 0 Å². The molecule has 0 unspecified atom stereocenters. The lowest BCUT2D eigenvalue weighted by atomic mass is 9.84. The normalized spacial score (nSPS) is 19.0. The number of carbonyl (C=O) groups is 1. The zero-order chi connectivity index (χ0) is 28.8. The van der Waals surface area contributed by atoms with Crippen molar-refractivity contribution < 1.29 is 15.0 Å². The molecule has 42 heavy (non-hydrogen) atoms. The Morgan fingerprint density at radius 3 is 2.55 bits per heavy atom. The third kappa shape index (κ3) is 4.76. The number of benzene rings is 2. The Balaban J connectivity index is 1.19. The number of rotatable bonds is 5. The fourth-order valence-corrected chi connectivity index (χ4v) is 6.09. The number of aromatic amines is 1. The smallest absolute Gasteiger partial charge is 0.330 e. The van der Waals surface area contributed by atoms with E-state index in [9.17, 15) is 15.0 Å². The summed E-state index contributed by atoms with van der Waals surface area (Å²) < 4.78 is 3.53. The molecule has 4 heterocycles. The summed E-state index contributed by atoms with van der Waals surface area (Å²) in [7, 11) is 0. The lowest BCUT2D eigenvalue weighted by Gasteiger charge is -2.33. The van der Waals surface area contributed by atoms with Gasteiger partial charge in [0.25, 0.3) is 0 Å². The van der Waals surface area contributed by atoms with Crippen molar-refractivity contribution in [2.75, 3.05) is 5.32 Å². The number of pyridine rings is 1. The highest BCUT2D eigenvalue weighted by Gasteiger charge is 2.30. The third-order valence-electron chi connectivity index (χ3n) is 8.50. The maximum absolute atomic E-state index is 13.2. The molecule has 4 aromatic heterocycles. The number of H-pyrrole nitrogens is 1. The van der Waals surface area contributed by atoms with E-state index in [-0.39, 0.29) is 18.7 Å². The molecular formula is C33H32N6O3. The molecule has 9 heteroatoms. The lowest BCUT2D eigenvalue weighted by Crippen LogP contribution is -2.31. The van der Waals surface area contributed by atoms with Crippen LogP contribution in [0.25, 0.3) is 44.2 Å². The van der Waals surface area contributed by atoms with Gasteiger partial charge < -0.3 is 20.5 Å². The van der Waals surface area contributed by atoms with Gasteiger partial charge in [-0.2, -0.15) is 5.10 Å². The minimum atomic E-state index is -0.587. The van der Waals surface area contributed by atoms with E-state index in [1.807, 2.05) is 60.3 Å². The molecule has 2 aromatic carbocycles. The molecule has 212 valence electrons. The molecule has 0 aliphatic heterocycles. The number of nitrogens with one attached hydrogen (secondary N) is 2. The van der Waals surface area contributed by atoms with Gasteiger partial charge in [0, 0.05) is 47.0 Å². The Morgan fingerprint density at radius 2 is 1.81 bits per heavy atom. The van der Waals surface area contributed by atoms with Gasteiger partial charge in [-0.15, -0.1) is 0 Å². The SMILES string of the molecule is CC1(O)CCC(n2cc(-c3cc4c(-c5cccc(NC(=O)n6cc7ccccc7c6)c5CO)ccnc4[nH]3)cn2)CC1. The van der Waals surface area contributed by atoms with Gasteiger partial charge in [0.2, 0.25) is 0 Å². The predicted octanol–water partition coefficient (Wildman–Crippen LogP) is 6.49. The summed E-state index contributed by atoms with van der Waals surface area (Å²) in [5, 5.41) is 31.3. The third-order valence-corrected chi connectivity index (χ3v) is 8.50. The topological polar surface area (TPSA) is 121 Å². The average Bonchev–Trinajstić information content (AvgIpc) is 3.75. The summed E-state index contributed by atoms with van der Waals surface area (Å²) in [6.07, 6.45) is 12.6. The molecule has 4 N–H and O–H groups in total. The quantitative estimate of drug-likeness (QED) is 0.192. The van der Waals surface area contributed by atoms with Gasteiger partial charge in [0.15, 0.2) is 0 Å². The van der Waals surface area contributed by atoms with E-state index >= 15 is 0 Å². The van der Waals surface area contributed by atoms with E-state index in [2.05, 4.69) is 32.6 Å². The molecule has 6 aromatic rings. The maximum Gasteiger partial charge on any atom is 0.330 e. The van der Waals surface area contributed by atoms with Crippen molar-refractivity contribution in [1.82, 2.24) is 24.3 Å². The Labute approximate surface area is 242 Å². The van der Waals surface area contributed by atoms with E-state index in [1.165, 1.54) is 4.57 Å². The molecule has 0 saturated heterocycles. The molecule has 0 bridgehead atoms. The van der Waals surface area contributed by atoms with Crippen molar-refractivity contribution in [1.29, 1.82) is 0 Å². The van der Waals surface area contributed by atoms with Crippen LogP contribution in [0.4, 0.5) is 10.5 Å². The van der Waals surface area contributed by atoms with Crippen LogP contribution in [0.5, 0.6) is 0 Å². The number of hydrogen-bond donors (Lipinski definition) is 4. The highest BCUT2D eigenvalue weighted by molar-refractivity contribution is 6.00. The highest BCUT2D eigenvalue weighted by atomic mass is 16.3. The molecule has 0 spiro atoms. The van der Waals surface area contributed by atoms with Gasteiger partial charge in [-0.3, -0.25) is 9.25 Å². The van der Waals surface area contributed by atoms with Crippen LogP contribution in [0.1, 0.15) is 44.2 Å². The standard InChI is InChI=1S/C33H32N6O3/c1-33(42)12-9-24(10-13-33)39-19-23(16-35-39)30-15-27-26(11-14-34-31(27)36-30)25-7-4-8-29(28(25)20-40)37-32(41)38-17-21-5-2-3-6-22(21)18-38/h2-8,11,14-19,24,40,42H,9-10,12-13,20H2,1H3,(H,34,36)(H,37,41). The Morgan fingerprint density at radius 1 is 1.05 bits per heavy atom. The largest absolute Gasteiger partial charge is 0.392 e. The summed E-state index contributed by atoms with van der Waals surface area (Å²) in [6, 6.07) is 17.4. The molecule has 0 atom stereocenters. The molecule has 9 nitrogen and oxygen atoms in total. The van der Waals surface area contributed by atoms with Gasteiger partial charge >= 0.3 is 6.03 Å². The van der Waals surface area contributed by atoms with Crippen LogP contribution in [0.15, 0.2) is 85.6 Å². The summed E-state index contributed by atoms with van der Waals surface area (Å²) >= 11 is 0. The molecule has 1 amide bonds. The number of amides is 1. The second-order valence-electron chi connectivity index (χ2n) is 11.5. The minimum Gasteiger partial charge on any atom is -0.392 e. The Hall–Kier alpha value is -4.73. The summed E-state index contributed by atoms with van der Waals surface area (Å²) in [5.74, 6) is 0. The van der Waals surface area contributed by atoms with Crippen molar-refractivity contribution in [2.24, 2.45) is 0 Å². The fraction of sp³-hybridized carbons (Fsp3) is 0.242. The summed E-state index contributed by atoms with van der Waals surface area (Å²) in [6.45, 7) is 1.66. The van der Waals surface area contributed by atoms with Gasteiger partial charge in [0.05, 0.1) is 30.1 Å². The van der Waals surface area contributed by atoms with E-state index in [1.54, 1.807) is 24.7 Å². The van der Waals surface area contributed by atoms with Gasteiger partial charge in [-0.25, -0.2) is 9.78 Å². The minimum absolute atomic E-state index is 0.248. The lowest BCUT2D eigenvalue weighted by molar-refractivity contribution is 0.00851. The average molecular weight is 561 g/mol. The molecular weight excluding hydrogens is 528 g/mol. The number of aliphatic hydroxyl groups excluding tert-OH is 1. The van der Waals surface area contributed by atoms with Crippen LogP contribution in [0, 0.1) is 0 Å². The van der Waals surface area contributed by atoms with E-state index in [0.717, 1.165) is 69.9 Å². The second-order valence-corrected chi connectivity index (χ2v) is 11.5. The number of aliphatic hydroxyl groups is 2. The van der Waals surface area contributed by atoms with Gasteiger partial charge in [-0.1, -0.05) is 36.4 Å². The number of nitrogens with zero attached hydrogens (tertiary/aromatic N) is 4. The Bertz CT molecular complexity index is 1890. The molecule has 1 aliphatic rings. The van der Waals surface area contributed by atoms with E-state index in [4.69, 9.17) is 0 Å². The molecule has 7 rings (SSSR count). The molecule has 1 aliphatic carbocycles.